The molecule has 1 fully saturated rings. The van der Waals surface area contributed by atoms with Crippen LogP contribution in [0.1, 0.15) is 11.1 Å². The number of rotatable bonds is 7. The molecule has 1 amide bonds. The first kappa shape index (κ1) is 21.3. The average molecular weight is 420 g/mol. The first-order valence-electron chi connectivity index (χ1n) is 9.69. The molecule has 3 rings (SSSR count). The molecule has 1 aliphatic heterocycles. The van der Waals surface area contributed by atoms with Crippen molar-refractivity contribution in [3.8, 4) is 17.2 Å². The lowest BCUT2D eigenvalue weighted by Gasteiger charge is -2.32. The van der Waals surface area contributed by atoms with Crippen molar-refractivity contribution in [1.29, 1.82) is 0 Å². The second kappa shape index (κ2) is 9.85. The van der Waals surface area contributed by atoms with Crippen LogP contribution in [0.25, 0.3) is 0 Å². The number of hydrogen-bond donors (Lipinski definition) is 1. The number of benzene rings is 2. The molecule has 0 aromatic heterocycles. The van der Waals surface area contributed by atoms with Gasteiger partial charge in [-0.15, -0.1) is 0 Å². The number of nitrogens with one attached hydrogen (secondary N) is 1. The quantitative estimate of drug-likeness (QED) is 0.744. The van der Waals surface area contributed by atoms with E-state index in [1.807, 2.05) is 41.3 Å². The highest BCUT2D eigenvalue weighted by atomic mass is 35.5. The third kappa shape index (κ3) is 5.14. The lowest BCUT2D eigenvalue weighted by Crippen LogP contribution is -3.13. The smallest absolute Gasteiger partial charge is 0.227 e. The normalized spacial score (nSPS) is 14.6. The van der Waals surface area contributed by atoms with Crippen LogP contribution in [0.2, 0.25) is 5.02 Å². The van der Waals surface area contributed by atoms with Crippen LogP contribution in [0.5, 0.6) is 17.2 Å². The summed E-state index contributed by atoms with van der Waals surface area (Å²) in [6, 6.07) is 11.4. The Kier molecular flexibility index (Phi) is 7.23. The maximum Gasteiger partial charge on any atom is 0.227 e. The van der Waals surface area contributed by atoms with E-state index < -0.39 is 0 Å². The zero-order valence-corrected chi connectivity index (χ0v) is 17.9. The molecular formula is C22H28ClN2O4+. The summed E-state index contributed by atoms with van der Waals surface area (Å²) in [7, 11) is 4.87. The lowest BCUT2D eigenvalue weighted by molar-refractivity contribution is -0.917. The van der Waals surface area contributed by atoms with Crippen LogP contribution in [0.3, 0.4) is 0 Å². The molecule has 1 aliphatic rings. The predicted octanol–water partition coefficient (Wildman–Crippen LogP) is 1.84. The minimum Gasteiger partial charge on any atom is -0.493 e. The van der Waals surface area contributed by atoms with Gasteiger partial charge in [-0.05, 0) is 29.8 Å². The van der Waals surface area contributed by atoms with Gasteiger partial charge in [0, 0.05) is 5.02 Å². The highest BCUT2D eigenvalue weighted by Crippen LogP contribution is 2.39. The standard InChI is InChI=1S/C22H27ClN2O4/c1-27-19-9-6-17(21(28-2)22(19)29-3)15-24-10-12-25(13-11-24)20(26)14-16-4-7-18(23)8-5-16/h4-9H,10-15H2,1-3H3/p+1. The number of quaternary nitrogens is 1. The molecule has 0 radical (unpaired) electrons. The highest BCUT2D eigenvalue weighted by molar-refractivity contribution is 6.30. The Balaban J connectivity index is 1.58. The molecule has 1 heterocycles. The van der Waals surface area contributed by atoms with Crippen LogP contribution >= 0.6 is 11.6 Å². The van der Waals surface area contributed by atoms with Gasteiger partial charge in [-0.2, -0.15) is 0 Å². The van der Waals surface area contributed by atoms with Crippen LogP contribution in [-0.2, 0) is 17.8 Å². The summed E-state index contributed by atoms with van der Waals surface area (Å²) in [6.07, 6.45) is 0.413. The molecule has 29 heavy (non-hydrogen) atoms. The number of amides is 1. The summed E-state index contributed by atoms with van der Waals surface area (Å²) in [5, 5.41) is 0.684. The summed E-state index contributed by atoms with van der Waals surface area (Å²) in [5.74, 6) is 2.14. The molecular weight excluding hydrogens is 392 g/mol. The molecule has 0 spiro atoms. The van der Waals surface area contributed by atoms with E-state index in [9.17, 15) is 4.79 Å². The van der Waals surface area contributed by atoms with Gasteiger partial charge in [-0.25, -0.2) is 0 Å². The number of methoxy groups -OCH3 is 3. The van der Waals surface area contributed by atoms with E-state index in [1.54, 1.807) is 21.3 Å². The zero-order chi connectivity index (χ0) is 20.8. The Morgan fingerprint density at radius 1 is 0.966 bits per heavy atom. The maximum absolute atomic E-state index is 12.6. The number of nitrogens with zero attached hydrogens (tertiary/aromatic N) is 1. The Labute approximate surface area is 176 Å². The average Bonchev–Trinajstić information content (AvgIpc) is 2.75. The minimum absolute atomic E-state index is 0.162. The van der Waals surface area contributed by atoms with Crippen LogP contribution in [-0.4, -0.2) is 58.3 Å². The van der Waals surface area contributed by atoms with E-state index in [0.29, 0.717) is 28.7 Å². The first-order chi connectivity index (χ1) is 14.0. The van der Waals surface area contributed by atoms with Gasteiger partial charge in [0.15, 0.2) is 11.5 Å². The zero-order valence-electron chi connectivity index (χ0n) is 17.2. The van der Waals surface area contributed by atoms with E-state index >= 15 is 0 Å². The van der Waals surface area contributed by atoms with Crippen LogP contribution in [0.4, 0.5) is 0 Å². The van der Waals surface area contributed by atoms with Gasteiger partial charge in [0.2, 0.25) is 11.7 Å². The topological polar surface area (TPSA) is 52.4 Å². The van der Waals surface area contributed by atoms with Gasteiger partial charge in [0.05, 0.1) is 59.5 Å². The van der Waals surface area contributed by atoms with Crippen molar-refractivity contribution >= 4 is 17.5 Å². The molecule has 0 bridgehead atoms. The van der Waals surface area contributed by atoms with Crippen LogP contribution < -0.4 is 19.1 Å². The fourth-order valence-electron chi connectivity index (χ4n) is 3.71. The number of piperazine rings is 1. The van der Waals surface area contributed by atoms with Crippen molar-refractivity contribution in [3.63, 3.8) is 0 Å². The van der Waals surface area contributed by atoms with E-state index in [2.05, 4.69) is 0 Å². The third-order valence-electron chi connectivity index (χ3n) is 5.32. The van der Waals surface area contributed by atoms with E-state index in [4.69, 9.17) is 25.8 Å². The summed E-state index contributed by atoms with van der Waals surface area (Å²) >= 11 is 5.92. The SMILES string of the molecule is COc1ccc(C[NH+]2CCN(C(=O)Cc3ccc(Cl)cc3)CC2)c(OC)c1OC. The van der Waals surface area contributed by atoms with Crippen molar-refractivity contribution in [2.24, 2.45) is 0 Å². The molecule has 6 nitrogen and oxygen atoms in total. The predicted molar refractivity (Wildman–Crippen MR) is 112 cm³/mol. The number of hydrogen-bond acceptors (Lipinski definition) is 4. The van der Waals surface area contributed by atoms with Crippen LogP contribution in [0, 0.1) is 0 Å². The number of ether oxygens (including phenoxy) is 3. The van der Waals surface area contributed by atoms with E-state index in [1.165, 1.54) is 4.90 Å². The van der Waals surface area contributed by atoms with Gasteiger partial charge in [0.1, 0.15) is 6.54 Å². The largest absolute Gasteiger partial charge is 0.493 e. The molecule has 156 valence electrons. The molecule has 0 atom stereocenters. The molecule has 7 heteroatoms. The van der Waals surface area contributed by atoms with Gasteiger partial charge in [-0.1, -0.05) is 23.7 Å². The van der Waals surface area contributed by atoms with Gasteiger partial charge in [-0.3, -0.25) is 4.79 Å². The Morgan fingerprint density at radius 2 is 1.62 bits per heavy atom. The Morgan fingerprint density at radius 3 is 2.21 bits per heavy atom. The lowest BCUT2D eigenvalue weighted by atomic mass is 10.1. The monoisotopic (exact) mass is 419 g/mol. The van der Waals surface area contributed by atoms with Crippen molar-refractivity contribution in [2.75, 3.05) is 47.5 Å². The summed E-state index contributed by atoms with van der Waals surface area (Å²) < 4.78 is 16.4. The molecule has 0 saturated carbocycles. The molecule has 1 N–H and O–H groups in total. The molecule has 2 aromatic rings. The molecule has 2 aromatic carbocycles. The second-order valence-electron chi connectivity index (χ2n) is 7.10. The third-order valence-corrected chi connectivity index (χ3v) is 5.57. The van der Waals surface area contributed by atoms with Gasteiger partial charge in [0.25, 0.3) is 0 Å². The van der Waals surface area contributed by atoms with Crippen molar-refractivity contribution in [1.82, 2.24) is 4.90 Å². The highest BCUT2D eigenvalue weighted by Gasteiger charge is 2.26. The molecule has 1 saturated heterocycles. The first-order valence-corrected chi connectivity index (χ1v) is 10.1. The number of halogens is 1. The maximum atomic E-state index is 12.6. The minimum atomic E-state index is 0.162. The van der Waals surface area contributed by atoms with Crippen LogP contribution in [0.15, 0.2) is 36.4 Å². The van der Waals surface area contributed by atoms with Crippen molar-refractivity contribution in [3.05, 3.63) is 52.5 Å². The van der Waals surface area contributed by atoms with E-state index in [0.717, 1.165) is 43.9 Å². The second-order valence-corrected chi connectivity index (χ2v) is 7.54. The fourth-order valence-corrected chi connectivity index (χ4v) is 3.84. The number of carbonyl (C=O) groups is 1. The Bertz CT molecular complexity index is 833. The molecule has 0 unspecified atom stereocenters. The van der Waals surface area contributed by atoms with E-state index in [-0.39, 0.29) is 5.91 Å². The van der Waals surface area contributed by atoms with Gasteiger partial charge < -0.3 is 24.0 Å². The van der Waals surface area contributed by atoms with Crippen molar-refractivity contribution < 1.29 is 23.9 Å². The summed E-state index contributed by atoms with van der Waals surface area (Å²) in [6.45, 7) is 4.09. The summed E-state index contributed by atoms with van der Waals surface area (Å²) in [5.41, 5.74) is 2.06. The molecule has 0 aliphatic carbocycles. The number of carbonyl (C=O) groups excluding carboxylic acids is 1. The Hall–Kier alpha value is -2.44. The summed E-state index contributed by atoms with van der Waals surface area (Å²) in [4.78, 5) is 16.0. The van der Waals surface area contributed by atoms with Crippen molar-refractivity contribution in [2.45, 2.75) is 13.0 Å². The van der Waals surface area contributed by atoms with Gasteiger partial charge >= 0.3 is 0 Å². The fraction of sp³-hybridized carbons (Fsp3) is 0.409.